The molecular weight excluding hydrogens is 238 g/mol. The lowest BCUT2D eigenvalue weighted by Gasteiger charge is -2.37. The van der Waals surface area contributed by atoms with Crippen LogP contribution in [0, 0.1) is 5.92 Å². The Labute approximate surface area is 111 Å². The number of likely N-dealkylation sites (tertiary alicyclic amines) is 1. The van der Waals surface area contributed by atoms with E-state index in [1.54, 1.807) is 0 Å². The molecule has 0 radical (unpaired) electrons. The first-order valence-corrected chi connectivity index (χ1v) is 6.14. The highest BCUT2D eigenvalue weighted by Crippen LogP contribution is 2.15. The summed E-state index contributed by atoms with van der Waals surface area (Å²) in [5.74, 6) is 0.328. The van der Waals surface area contributed by atoms with E-state index in [9.17, 15) is 4.79 Å². The molecule has 1 saturated heterocycles. The number of nitrogens with zero attached hydrogens (tertiary/aromatic N) is 2. The van der Waals surface area contributed by atoms with Gasteiger partial charge >= 0.3 is 0 Å². The normalized spacial score (nSPS) is 22.5. The van der Waals surface area contributed by atoms with Crippen LogP contribution in [0.5, 0.6) is 0 Å². The number of piperidine rings is 1. The highest BCUT2D eigenvalue weighted by Gasteiger charge is 2.28. The molecule has 1 rings (SSSR count). The third-order valence-corrected chi connectivity index (χ3v) is 3.44. The van der Waals surface area contributed by atoms with E-state index in [4.69, 9.17) is 5.73 Å². The topological polar surface area (TPSA) is 49.6 Å². The molecule has 1 heterocycles. The molecule has 0 aliphatic carbocycles. The zero-order valence-corrected chi connectivity index (χ0v) is 12.2. The molecule has 1 unspecified atom stereocenters. The van der Waals surface area contributed by atoms with Crippen LogP contribution in [0.2, 0.25) is 0 Å². The maximum Gasteiger partial charge on any atom is 0.239 e. The summed E-state index contributed by atoms with van der Waals surface area (Å²) in [7, 11) is 4.14. The fourth-order valence-corrected chi connectivity index (χ4v) is 2.07. The number of hydrogen-bond acceptors (Lipinski definition) is 3. The minimum atomic E-state index is -0.346. The first-order chi connectivity index (χ1) is 7.43. The Kier molecular flexibility index (Phi) is 7.05. The van der Waals surface area contributed by atoms with Crippen molar-refractivity contribution in [2.45, 2.75) is 38.8 Å². The van der Waals surface area contributed by atoms with Crippen molar-refractivity contribution in [3.63, 3.8) is 0 Å². The van der Waals surface area contributed by atoms with Crippen LogP contribution in [0.25, 0.3) is 0 Å². The van der Waals surface area contributed by atoms with Gasteiger partial charge in [-0.1, -0.05) is 13.8 Å². The molecule has 0 bridgehead atoms. The lowest BCUT2D eigenvalue weighted by atomic mass is 10.00. The Morgan fingerprint density at radius 3 is 2.47 bits per heavy atom. The van der Waals surface area contributed by atoms with E-state index in [0.29, 0.717) is 6.04 Å². The minimum absolute atomic E-state index is 0. The van der Waals surface area contributed by atoms with E-state index >= 15 is 0 Å². The quantitative estimate of drug-likeness (QED) is 0.825. The van der Waals surface area contributed by atoms with Gasteiger partial charge in [0.15, 0.2) is 0 Å². The number of carbonyl (C=O) groups excluding carboxylic acids is 1. The molecular formula is C12H26ClN3O. The van der Waals surface area contributed by atoms with E-state index in [0.717, 1.165) is 19.5 Å². The Bertz CT molecular complexity index is 246. The van der Waals surface area contributed by atoms with Gasteiger partial charge in [-0.15, -0.1) is 12.4 Å². The number of rotatable bonds is 3. The summed E-state index contributed by atoms with van der Waals surface area (Å²) in [5, 5.41) is 0. The summed E-state index contributed by atoms with van der Waals surface area (Å²) in [6.07, 6.45) is 2.26. The van der Waals surface area contributed by atoms with Crippen molar-refractivity contribution in [2.75, 3.05) is 27.2 Å². The molecule has 4 nitrogen and oxygen atoms in total. The van der Waals surface area contributed by atoms with Crippen molar-refractivity contribution in [2.24, 2.45) is 11.7 Å². The number of carbonyl (C=O) groups is 1. The minimum Gasteiger partial charge on any atom is -0.340 e. The Balaban J connectivity index is 0.00000256. The molecule has 17 heavy (non-hydrogen) atoms. The number of hydrogen-bond donors (Lipinski definition) is 1. The van der Waals surface area contributed by atoms with Gasteiger partial charge in [0, 0.05) is 19.1 Å². The first kappa shape index (κ1) is 16.7. The van der Waals surface area contributed by atoms with Gasteiger partial charge in [-0.25, -0.2) is 0 Å². The second kappa shape index (κ2) is 7.19. The van der Waals surface area contributed by atoms with E-state index in [1.807, 2.05) is 18.7 Å². The molecule has 2 N–H and O–H groups in total. The molecule has 102 valence electrons. The van der Waals surface area contributed by atoms with Crippen molar-refractivity contribution in [1.29, 1.82) is 0 Å². The molecule has 1 aliphatic heterocycles. The summed E-state index contributed by atoms with van der Waals surface area (Å²) >= 11 is 0. The van der Waals surface area contributed by atoms with E-state index in [1.165, 1.54) is 6.42 Å². The Morgan fingerprint density at radius 1 is 1.41 bits per heavy atom. The lowest BCUT2D eigenvalue weighted by molar-refractivity contribution is -0.135. The van der Waals surface area contributed by atoms with Crippen molar-refractivity contribution in [3.05, 3.63) is 0 Å². The van der Waals surface area contributed by atoms with Gasteiger partial charge in [-0.3, -0.25) is 4.79 Å². The molecule has 5 heteroatoms. The Morgan fingerprint density at radius 2 is 2.00 bits per heavy atom. The van der Waals surface area contributed by atoms with Gasteiger partial charge in [0.1, 0.15) is 0 Å². The van der Waals surface area contributed by atoms with E-state index in [2.05, 4.69) is 19.0 Å². The van der Waals surface area contributed by atoms with Crippen LogP contribution in [0.4, 0.5) is 0 Å². The third-order valence-electron chi connectivity index (χ3n) is 3.44. The first-order valence-electron chi connectivity index (χ1n) is 6.14. The van der Waals surface area contributed by atoms with Crippen LogP contribution in [0.15, 0.2) is 0 Å². The van der Waals surface area contributed by atoms with Gasteiger partial charge in [0.2, 0.25) is 5.91 Å². The second-order valence-electron chi connectivity index (χ2n) is 5.31. The molecule has 1 amide bonds. The molecule has 0 aromatic carbocycles. The van der Waals surface area contributed by atoms with Gasteiger partial charge < -0.3 is 15.5 Å². The lowest BCUT2D eigenvalue weighted by Crippen LogP contribution is -2.53. The maximum atomic E-state index is 12.1. The van der Waals surface area contributed by atoms with Gasteiger partial charge in [0.25, 0.3) is 0 Å². The van der Waals surface area contributed by atoms with Crippen LogP contribution in [-0.4, -0.2) is 55.0 Å². The molecule has 1 aliphatic rings. The zero-order valence-electron chi connectivity index (χ0n) is 11.3. The fourth-order valence-electron chi connectivity index (χ4n) is 2.07. The maximum absolute atomic E-state index is 12.1. The summed E-state index contributed by atoms with van der Waals surface area (Å²) in [4.78, 5) is 16.2. The number of nitrogens with two attached hydrogens (primary N) is 1. The van der Waals surface area contributed by atoms with Crippen LogP contribution >= 0.6 is 12.4 Å². The molecule has 0 saturated carbocycles. The second-order valence-corrected chi connectivity index (χ2v) is 5.31. The zero-order chi connectivity index (χ0) is 12.3. The monoisotopic (exact) mass is 263 g/mol. The van der Waals surface area contributed by atoms with Crippen molar-refractivity contribution < 1.29 is 4.79 Å². The number of halogens is 1. The molecule has 2 atom stereocenters. The number of amides is 1. The van der Waals surface area contributed by atoms with Gasteiger partial charge in [-0.2, -0.15) is 0 Å². The predicted octanol–water partition coefficient (Wildman–Crippen LogP) is 0.944. The van der Waals surface area contributed by atoms with E-state index < -0.39 is 0 Å². The largest absolute Gasteiger partial charge is 0.340 e. The highest BCUT2D eigenvalue weighted by atomic mass is 35.5. The molecule has 0 aromatic heterocycles. The van der Waals surface area contributed by atoms with Crippen molar-refractivity contribution >= 4 is 18.3 Å². The highest BCUT2D eigenvalue weighted by molar-refractivity contribution is 5.85. The fraction of sp³-hybridized carbons (Fsp3) is 0.917. The number of likely N-dealkylation sites (N-methyl/N-ethyl adjacent to an activating group) is 1. The summed E-state index contributed by atoms with van der Waals surface area (Å²) in [6, 6.07) is 0.137. The van der Waals surface area contributed by atoms with Crippen molar-refractivity contribution in [3.8, 4) is 0 Å². The van der Waals surface area contributed by atoms with Crippen LogP contribution in [0.3, 0.4) is 0 Å². The van der Waals surface area contributed by atoms with Crippen LogP contribution in [-0.2, 0) is 4.79 Å². The molecule has 1 fully saturated rings. The smallest absolute Gasteiger partial charge is 0.239 e. The average molecular weight is 264 g/mol. The SMILES string of the molecule is CC(C)[C@@H](N)C(=O)N1CCCC(N(C)C)C1.Cl. The average Bonchev–Trinajstić information content (AvgIpc) is 2.27. The van der Waals surface area contributed by atoms with Gasteiger partial charge in [-0.05, 0) is 32.9 Å². The van der Waals surface area contributed by atoms with E-state index in [-0.39, 0.29) is 30.3 Å². The molecule has 0 spiro atoms. The van der Waals surface area contributed by atoms with Crippen LogP contribution < -0.4 is 5.73 Å². The summed E-state index contributed by atoms with van der Waals surface area (Å²) in [6.45, 7) is 5.68. The summed E-state index contributed by atoms with van der Waals surface area (Å²) in [5.41, 5.74) is 5.91. The third kappa shape index (κ3) is 4.45. The van der Waals surface area contributed by atoms with Crippen molar-refractivity contribution in [1.82, 2.24) is 9.80 Å². The Hall–Kier alpha value is -0.320. The summed E-state index contributed by atoms with van der Waals surface area (Å²) < 4.78 is 0. The molecule has 0 aromatic rings. The standard InChI is InChI=1S/C12H25N3O.ClH/c1-9(2)11(13)12(16)15-7-5-6-10(8-15)14(3)4;/h9-11H,5-8,13H2,1-4H3;1H/t10?,11-;/m1./s1. The van der Waals surface area contributed by atoms with Gasteiger partial charge in [0.05, 0.1) is 6.04 Å². The van der Waals surface area contributed by atoms with Crippen LogP contribution in [0.1, 0.15) is 26.7 Å². The predicted molar refractivity (Wildman–Crippen MR) is 73.4 cm³/mol.